The Morgan fingerprint density at radius 2 is 1.54 bits per heavy atom. The van der Waals surface area contributed by atoms with Crippen molar-refractivity contribution in [2.45, 2.75) is 34.1 Å². The number of esters is 1. The number of rotatable bonds is 10. The van der Waals surface area contributed by atoms with Crippen LogP contribution in [0.5, 0.6) is 5.75 Å². The average Bonchev–Trinajstić information content (AvgIpc) is 2.68. The average molecular weight is 361 g/mol. The van der Waals surface area contributed by atoms with Crippen molar-refractivity contribution in [3.05, 3.63) is 36.4 Å². The second-order valence-electron chi connectivity index (χ2n) is 6.13. The Morgan fingerprint density at radius 3 is 2.04 bits per heavy atom. The summed E-state index contributed by atoms with van der Waals surface area (Å²) >= 11 is 0. The molecule has 0 N–H and O–H groups in total. The molecule has 6 nitrogen and oxygen atoms in total. The lowest BCUT2D eigenvalue weighted by atomic mass is 9.85. The second-order valence-corrected chi connectivity index (χ2v) is 6.13. The Labute approximate surface area is 153 Å². The fraction of sp³-hybridized carbons (Fsp3) is 0.450. The third-order valence-electron chi connectivity index (χ3n) is 4.27. The number of Topliss-reactive ketones (excluding diaryl/α,β-unsaturated/α-hetero) is 3. The van der Waals surface area contributed by atoms with Gasteiger partial charge in [-0.2, -0.15) is 0 Å². The lowest BCUT2D eigenvalue weighted by molar-refractivity contribution is -0.138. The molecule has 1 aromatic rings. The van der Waals surface area contributed by atoms with Crippen LogP contribution in [0.2, 0.25) is 0 Å². The molecule has 0 saturated carbocycles. The maximum absolute atomic E-state index is 12.4. The van der Waals surface area contributed by atoms with E-state index in [0.29, 0.717) is 11.3 Å². The van der Waals surface area contributed by atoms with E-state index in [0.717, 1.165) is 6.61 Å². The van der Waals surface area contributed by atoms with Crippen molar-refractivity contribution in [1.82, 2.24) is 0 Å². The quantitative estimate of drug-likeness (QED) is 0.470. The molecule has 0 spiro atoms. The Balaban J connectivity index is 2.61. The number of hydrogen-bond acceptors (Lipinski definition) is 6. The smallest absolute Gasteiger partial charge is 0.338 e. The predicted octanol–water partition coefficient (Wildman–Crippen LogP) is 3.04. The molecule has 1 rings (SSSR count). The van der Waals surface area contributed by atoms with Crippen molar-refractivity contribution in [1.29, 1.82) is 0 Å². The molecule has 0 aliphatic carbocycles. The number of ether oxygens (including phenoxy) is 2. The summed E-state index contributed by atoms with van der Waals surface area (Å²) in [6.07, 6.45) is 0.245. The topological polar surface area (TPSA) is 86.7 Å². The van der Waals surface area contributed by atoms with Crippen LogP contribution in [0.1, 0.15) is 44.5 Å². The molecular weight excluding hydrogens is 336 g/mol. The highest BCUT2D eigenvalue weighted by Crippen LogP contribution is 2.18. The molecule has 6 heteroatoms. The number of carbonyl (C=O) groups excluding carboxylic acids is 4. The fourth-order valence-corrected chi connectivity index (χ4v) is 2.40. The van der Waals surface area contributed by atoms with Crippen LogP contribution < -0.4 is 4.74 Å². The SMILES string of the molecule is CCC(=O)C(C)C(=O)C(C)C(=O)C(C)[CH]OC(=O)c1ccc(OC)cc1. The minimum atomic E-state index is -0.938. The summed E-state index contributed by atoms with van der Waals surface area (Å²) in [4.78, 5) is 48.2. The molecule has 1 aromatic carbocycles. The maximum atomic E-state index is 12.4. The zero-order valence-electron chi connectivity index (χ0n) is 15.8. The minimum Gasteiger partial charge on any atom is -0.497 e. The van der Waals surface area contributed by atoms with Crippen LogP contribution in [-0.2, 0) is 19.1 Å². The van der Waals surface area contributed by atoms with Crippen molar-refractivity contribution in [2.24, 2.45) is 17.8 Å². The Bertz CT molecular complexity index is 661. The third-order valence-corrected chi connectivity index (χ3v) is 4.27. The first kappa shape index (κ1) is 21.5. The normalized spacial score (nSPS) is 14.0. The molecule has 0 aliphatic heterocycles. The number of hydrogen-bond donors (Lipinski definition) is 0. The summed E-state index contributed by atoms with van der Waals surface area (Å²) in [5, 5.41) is 0. The largest absolute Gasteiger partial charge is 0.497 e. The van der Waals surface area contributed by atoms with Crippen LogP contribution in [0.3, 0.4) is 0 Å². The Morgan fingerprint density at radius 1 is 0.962 bits per heavy atom. The highest BCUT2D eigenvalue weighted by molar-refractivity contribution is 6.11. The van der Waals surface area contributed by atoms with Gasteiger partial charge in [-0.1, -0.05) is 13.8 Å². The van der Waals surface area contributed by atoms with Crippen LogP contribution in [0.15, 0.2) is 24.3 Å². The number of methoxy groups -OCH3 is 1. The molecule has 26 heavy (non-hydrogen) atoms. The van der Waals surface area contributed by atoms with E-state index in [4.69, 9.17) is 9.47 Å². The lowest BCUT2D eigenvalue weighted by Gasteiger charge is -2.17. The van der Waals surface area contributed by atoms with Crippen molar-refractivity contribution in [3.8, 4) is 5.75 Å². The van der Waals surface area contributed by atoms with E-state index in [1.165, 1.54) is 21.0 Å². The first-order valence-electron chi connectivity index (χ1n) is 8.51. The molecule has 0 heterocycles. The van der Waals surface area contributed by atoms with E-state index in [2.05, 4.69) is 0 Å². The number of benzene rings is 1. The summed E-state index contributed by atoms with van der Waals surface area (Å²) in [5.74, 6) is -3.52. The molecular formula is C20H25O6. The van der Waals surface area contributed by atoms with Crippen LogP contribution in [0, 0.1) is 24.4 Å². The van der Waals surface area contributed by atoms with Gasteiger partial charge in [-0.25, -0.2) is 4.79 Å². The van der Waals surface area contributed by atoms with E-state index in [1.54, 1.807) is 38.1 Å². The molecule has 0 saturated heterocycles. The van der Waals surface area contributed by atoms with Crippen LogP contribution >= 0.6 is 0 Å². The van der Waals surface area contributed by atoms with Gasteiger partial charge in [0.2, 0.25) is 0 Å². The molecule has 0 amide bonds. The van der Waals surface area contributed by atoms with E-state index in [1.807, 2.05) is 0 Å². The van der Waals surface area contributed by atoms with E-state index in [9.17, 15) is 19.2 Å². The van der Waals surface area contributed by atoms with Crippen molar-refractivity contribution < 1.29 is 28.7 Å². The van der Waals surface area contributed by atoms with E-state index < -0.39 is 35.3 Å². The lowest BCUT2D eigenvalue weighted by Crippen LogP contribution is -2.33. The van der Waals surface area contributed by atoms with Gasteiger partial charge in [-0.05, 0) is 38.1 Å². The third kappa shape index (κ3) is 5.51. The van der Waals surface area contributed by atoms with E-state index >= 15 is 0 Å². The van der Waals surface area contributed by atoms with Gasteiger partial charge in [0, 0.05) is 6.42 Å². The summed E-state index contributed by atoms with van der Waals surface area (Å²) in [6, 6.07) is 6.34. The number of carbonyl (C=O) groups is 4. The standard InChI is InChI=1S/C20H25O6/c1-6-17(21)13(3)19(23)14(4)18(22)12(2)11-26-20(24)15-7-9-16(25-5)10-8-15/h7-14H,6H2,1-5H3. The molecule has 3 atom stereocenters. The summed E-state index contributed by atoms with van der Waals surface area (Å²) in [7, 11) is 1.52. The van der Waals surface area contributed by atoms with Gasteiger partial charge in [0.25, 0.3) is 0 Å². The van der Waals surface area contributed by atoms with Gasteiger partial charge in [0.1, 0.15) is 23.9 Å². The van der Waals surface area contributed by atoms with Gasteiger partial charge < -0.3 is 9.47 Å². The van der Waals surface area contributed by atoms with Gasteiger partial charge >= 0.3 is 5.97 Å². The van der Waals surface area contributed by atoms with Crippen molar-refractivity contribution in [3.63, 3.8) is 0 Å². The molecule has 0 aliphatic rings. The highest BCUT2D eigenvalue weighted by Gasteiger charge is 2.32. The molecule has 0 aromatic heterocycles. The summed E-state index contributed by atoms with van der Waals surface area (Å²) in [5.41, 5.74) is 0.313. The summed E-state index contributed by atoms with van der Waals surface area (Å²) < 4.78 is 10.1. The molecule has 1 radical (unpaired) electrons. The van der Waals surface area contributed by atoms with Gasteiger partial charge in [-0.15, -0.1) is 0 Å². The van der Waals surface area contributed by atoms with E-state index in [-0.39, 0.29) is 12.2 Å². The monoisotopic (exact) mass is 361 g/mol. The van der Waals surface area contributed by atoms with Crippen LogP contribution in [0.4, 0.5) is 0 Å². The van der Waals surface area contributed by atoms with Crippen molar-refractivity contribution in [2.75, 3.05) is 7.11 Å². The minimum absolute atomic E-state index is 0.197. The highest BCUT2D eigenvalue weighted by atomic mass is 16.5. The zero-order chi connectivity index (χ0) is 19.9. The summed E-state index contributed by atoms with van der Waals surface area (Å²) in [6.45, 7) is 7.31. The first-order chi connectivity index (χ1) is 12.2. The Kier molecular flexibility index (Phi) is 8.16. The zero-order valence-corrected chi connectivity index (χ0v) is 15.8. The molecule has 0 fully saturated rings. The number of ketones is 3. The Hall–Kier alpha value is -2.50. The predicted molar refractivity (Wildman–Crippen MR) is 95.5 cm³/mol. The molecule has 141 valence electrons. The van der Waals surface area contributed by atoms with Gasteiger partial charge in [0.15, 0.2) is 5.78 Å². The van der Waals surface area contributed by atoms with Gasteiger partial charge in [-0.3, -0.25) is 14.4 Å². The maximum Gasteiger partial charge on any atom is 0.338 e. The molecule has 3 unspecified atom stereocenters. The van der Waals surface area contributed by atoms with Crippen molar-refractivity contribution >= 4 is 23.3 Å². The second kappa shape index (κ2) is 9.85. The molecule has 0 bridgehead atoms. The van der Waals surface area contributed by atoms with Gasteiger partial charge in [0.05, 0.1) is 30.4 Å². The van der Waals surface area contributed by atoms with Crippen LogP contribution in [0.25, 0.3) is 0 Å². The first-order valence-corrected chi connectivity index (χ1v) is 8.51. The van der Waals surface area contributed by atoms with Crippen LogP contribution in [-0.4, -0.2) is 30.4 Å². The fourth-order valence-electron chi connectivity index (χ4n) is 2.40.